The molecule has 0 aliphatic carbocycles. The summed E-state index contributed by atoms with van der Waals surface area (Å²) in [5, 5.41) is 0.870. The molecule has 4 nitrogen and oxygen atoms in total. The van der Waals surface area contributed by atoms with E-state index in [1.54, 1.807) is 9.80 Å². The maximum atomic E-state index is 11.9. The first-order chi connectivity index (χ1) is 8.01. The van der Waals surface area contributed by atoms with Gasteiger partial charge in [-0.2, -0.15) is 0 Å². The monoisotopic (exact) mass is 304 g/mol. The lowest BCUT2D eigenvalue weighted by Gasteiger charge is -2.37. The summed E-state index contributed by atoms with van der Waals surface area (Å²) in [6.07, 6.45) is 1.01. The molecule has 2 amide bonds. The SMILES string of the molecule is CCC(CBr)CN1CCN(C(C)C)C(=O)C1=O. The van der Waals surface area contributed by atoms with E-state index in [1.807, 2.05) is 13.8 Å². The van der Waals surface area contributed by atoms with Crippen LogP contribution >= 0.6 is 15.9 Å². The highest BCUT2D eigenvalue weighted by Gasteiger charge is 2.34. The Balaban J connectivity index is 2.62. The van der Waals surface area contributed by atoms with E-state index in [1.165, 1.54) is 0 Å². The summed E-state index contributed by atoms with van der Waals surface area (Å²) in [7, 11) is 0. The quantitative estimate of drug-likeness (QED) is 0.570. The Bertz CT molecular complexity index is 290. The highest BCUT2D eigenvalue weighted by molar-refractivity contribution is 9.09. The molecule has 0 spiro atoms. The fraction of sp³-hybridized carbons (Fsp3) is 0.833. The van der Waals surface area contributed by atoms with Crippen molar-refractivity contribution in [2.24, 2.45) is 5.92 Å². The Morgan fingerprint density at radius 2 is 1.88 bits per heavy atom. The van der Waals surface area contributed by atoms with Gasteiger partial charge in [0.1, 0.15) is 0 Å². The molecule has 0 aromatic rings. The number of carbonyl (C=O) groups excluding carboxylic acids is 2. The molecule has 0 saturated carbocycles. The van der Waals surface area contributed by atoms with Crippen molar-refractivity contribution in [2.45, 2.75) is 33.2 Å². The Morgan fingerprint density at radius 3 is 2.35 bits per heavy atom. The van der Waals surface area contributed by atoms with Crippen molar-refractivity contribution >= 4 is 27.7 Å². The van der Waals surface area contributed by atoms with Crippen molar-refractivity contribution in [1.29, 1.82) is 0 Å². The predicted octanol–water partition coefficient (Wildman–Crippen LogP) is 1.49. The van der Waals surface area contributed by atoms with E-state index in [0.29, 0.717) is 25.6 Å². The standard InChI is InChI=1S/C12H21BrN2O2/c1-4-10(7-13)8-14-5-6-15(9(2)3)12(17)11(14)16/h9-10H,4-8H2,1-3H3. The van der Waals surface area contributed by atoms with Crippen LogP contribution in [0.2, 0.25) is 0 Å². The summed E-state index contributed by atoms with van der Waals surface area (Å²) in [5.41, 5.74) is 0. The number of amides is 2. The maximum Gasteiger partial charge on any atom is 0.312 e. The van der Waals surface area contributed by atoms with E-state index in [4.69, 9.17) is 0 Å². The number of hydrogen-bond acceptors (Lipinski definition) is 2. The summed E-state index contributed by atoms with van der Waals surface area (Å²) in [5.74, 6) is -0.266. The van der Waals surface area contributed by atoms with Crippen LogP contribution in [0.4, 0.5) is 0 Å². The first kappa shape index (κ1) is 14.5. The lowest BCUT2D eigenvalue weighted by molar-refractivity contribution is -0.157. The summed E-state index contributed by atoms with van der Waals surface area (Å²) >= 11 is 3.44. The fourth-order valence-corrected chi connectivity index (χ4v) is 2.62. The van der Waals surface area contributed by atoms with Crippen molar-refractivity contribution in [3.05, 3.63) is 0 Å². The predicted molar refractivity (Wildman–Crippen MR) is 71.0 cm³/mol. The van der Waals surface area contributed by atoms with Crippen molar-refractivity contribution in [3.63, 3.8) is 0 Å². The summed E-state index contributed by atoms with van der Waals surface area (Å²) in [6.45, 7) is 7.97. The molecule has 1 rings (SSSR count). The molecule has 0 radical (unpaired) electrons. The number of rotatable bonds is 5. The van der Waals surface area contributed by atoms with E-state index in [9.17, 15) is 9.59 Å². The molecular formula is C12H21BrN2O2. The van der Waals surface area contributed by atoms with Gasteiger partial charge >= 0.3 is 11.8 Å². The molecule has 0 aromatic carbocycles. The molecule has 1 aliphatic heterocycles. The van der Waals surface area contributed by atoms with Gasteiger partial charge in [-0.3, -0.25) is 9.59 Å². The van der Waals surface area contributed by atoms with Gasteiger partial charge in [0.25, 0.3) is 0 Å². The highest BCUT2D eigenvalue weighted by atomic mass is 79.9. The molecule has 1 fully saturated rings. The first-order valence-electron chi connectivity index (χ1n) is 6.17. The molecule has 1 atom stereocenters. The molecule has 1 unspecified atom stereocenters. The van der Waals surface area contributed by atoms with Gasteiger partial charge in [-0.05, 0) is 19.8 Å². The molecule has 1 aliphatic rings. The average molecular weight is 305 g/mol. The Hall–Kier alpha value is -0.580. The summed E-state index contributed by atoms with van der Waals surface area (Å²) in [4.78, 5) is 27.1. The van der Waals surface area contributed by atoms with Crippen molar-refractivity contribution in [2.75, 3.05) is 25.0 Å². The zero-order valence-corrected chi connectivity index (χ0v) is 12.4. The van der Waals surface area contributed by atoms with E-state index in [2.05, 4.69) is 22.9 Å². The van der Waals surface area contributed by atoms with Crippen LogP contribution in [0.5, 0.6) is 0 Å². The van der Waals surface area contributed by atoms with E-state index < -0.39 is 0 Å². The van der Waals surface area contributed by atoms with E-state index in [-0.39, 0.29) is 17.9 Å². The van der Waals surface area contributed by atoms with Gasteiger partial charge < -0.3 is 9.80 Å². The van der Waals surface area contributed by atoms with Crippen LogP contribution in [0.25, 0.3) is 0 Å². The second-order valence-corrected chi connectivity index (χ2v) is 5.42. The molecule has 0 bridgehead atoms. The van der Waals surface area contributed by atoms with Gasteiger partial charge in [0.05, 0.1) is 0 Å². The smallest absolute Gasteiger partial charge is 0.312 e. The molecule has 98 valence electrons. The van der Waals surface area contributed by atoms with Gasteiger partial charge in [0.15, 0.2) is 0 Å². The van der Waals surface area contributed by atoms with Crippen LogP contribution < -0.4 is 0 Å². The van der Waals surface area contributed by atoms with Crippen LogP contribution in [0, 0.1) is 5.92 Å². The minimum absolute atomic E-state index is 0.103. The Kier molecular flexibility index (Phi) is 5.43. The van der Waals surface area contributed by atoms with E-state index in [0.717, 1.165) is 11.8 Å². The molecule has 0 N–H and O–H groups in total. The minimum atomic E-state index is -0.351. The topological polar surface area (TPSA) is 40.6 Å². The minimum Gasteiger partial charge on any atom is -0.332 e. The number of hydrogen-bond donors (Lipinski definition) is 0. The maximum absolute atomic E-state index is 11.9. The zero-order valence-electron chi connectivity index (χ0n) is 10.8. The van der Waals surface area contributed by atoms with Crippen molar-refractivity contribution < 1.29 is 9.59 Å². The van der Waals surface area contributed by atoms with Gasteiger partial charge in [0, 0.05) is 31.0 Å². The van der Waals surface area contributed by atoms with Crippen molar-refractivity contribution in [1.82, 2.24) is 9.80 Å². The molecule has 17 heavy (non-hydrogen) atoms. The van der Waals surface area contributed by atoms with Gasteiger partial charge in [-0.25, -0.2) is 0 Å². The molecule has 1 saturated heterocycles. The highest BCUT2D eigenvalue weighted by Crippen LogP contribution is 2.14. The second-order valence-electron chi connectivity index (χ2n) is 4.77. The van der Waals surface area contributed by atoms with Crippen molar-refractivity contribution in [3.8, 4) is 0 Å². The fourth-order valence-electron chi connectivity index (χ4n) is 1.96. The number of halogens is 1. The largest absolute Gasteiger partial charge is 0.332 e. The zero-order chi connectivity index (χ0) is 13.0. The molecule has 1 heterocycles. The van der Waals surface area contributed by atoms with Crippen LogP contribution in [0.15, 0.2) is 0 Å². The van der Waals surface area contributed by atoms with Gasteiger partial charge in [-0.1, -0.05) is 29.3 Å². The third kappa shape index (κ3) is 3.44. The number of nitrogens with zero attached hydrogens (tertiary/aromatic N) is 2. The summed E-state index contributed by atoms with van der Waals surface area (Å²) in [6, 6.07) is 0.103. The first-order valence-corrected chi connectivity index (χ1v) is 7.29. The number of alkyl halides is 1. The average Bonchev–Trinajstić information content (AvgIpc) is 2.30. The third-order valence-electron chi connectivity index (χ3n) is 3.24. The molecule has 0 aromatic heterocycles. The van der Waals surface area contributed by atoms with Crippen LogP contribution in [-0.2, 0) is 9.59 Å². The van der Waals surface area contributed by atoms with Crippen LogP contribution in [-0.4, -0.2) is 52.6 Å². The lowest BCUT2D eigenvalue weighted by Crippen LogP contribution is -2.57. The molecule has 5 heteroatoms. The second kappa shape index (κ2) is 6.38. The van der Waals surface area contributed by atoms with Gasteiger partial charge in [0.2, 0.25) is 0 Å². The third-order valence-corrected chi connectivity index (χ3v) is 4.16. The normalized spacial score (nSPS) is 19.1. The van der Waals surface area contributed by atoms with Crippen LogP contribution in [0.1, 0.15) is 27.2 Å². The van der Waals surface area contributed by atoms with Gasteiger partial charge in [-0.15, -0.1) is 0 Å². The summed E-state index contributed by atoms with van der Waals surface area (Å²) < 4.78 is 0. The van der Waals surface area contributed by atoms with Crippen LogP contribution in [0.3, 0.4) is 0 Å². The number of carbonyl (C=O) groups is 2. The van der Waals surface area contributed by atoms with E-state index >= 15 is 0 Å². The number of piperazine rings is 1. The lowest BCUT2D eigenvalue weighted by atomic mass is 10.1. The Labute approximate surface area is 111 Å². The Morgan fingerprint density at radius 1 is 1.24 bits per heavy atom. The molecular weight excluding hydrogens is 284 g/mol.